The van der Waals surface area contributed by atoms with Crippen LogP contribution in [0.5, 0.6) is 5.75 Å². The van der Waals surface area contributed by atoms with E-state index in [1.165, 1.54) is 24.3 Å². The summed E-state index contributed by atoms with van der Waals surface area (Å²) in [5.74, 6) is -2.59. The fourth-order valence-corrected chi connectivity index (χ4v) is 3.21. The number of halogens is 1. The van der Waals surface area contributed by atoms with Gasteiger partial charge in [-0.15, -0.1) is 0 Å². The molecule has 2 amide bonds. The highest BCUT2D eigenvalue weighted by Gasteiger charge is 2.14. The second kappa shape index (κ2) is 13.1. The van der Waals surface area contributed by atoms with Crippen LogP contribution in [0, 0.1) is 6.92 Å². The van der Waals surface area contributed by atoms with E-state index in [0.717, 1.165) is 10.0 Å². The molecule has 190 valence electrons. The van der Waals surface area contributed by atoms with Gasteiger partial charge in [-0.05, 0) is 67.6 Å². The number of aryl methyl sites for hydroxylation is 1. The summed E-state index contributed by atoms with van der Waals surface area (Å²) in [6.45, 7) is 0.584. The number of ketones is 1. The first kappa shape index (κ1) is 27.3. The molecule has 0 unspecified atom stereocenters. The highest BCUT2D eigenvalue weighted by Crippen LogP contribution is 2.15. The fraction of sp³-hybridized carbons (Fsp3) is 0.148. The molecule has 0 aliphatic rings. The molecule has 3 rings (SSSR count). The van der Waals surface area contributed by atoms with Crippen molar-refractivity contribution in [3.05, 3.63) is 99.5 Å². The molecule has 37 heavy (non-hydrogen) atoms. The van der Waals surface area contributed by atoms with E-state index in [0.29, 0.717) is 11.1 Å². The van der Waals surface area contributed by atoms with Crippen LogP contribution in [0.25, 0.3) is 0 Å². The summed E-state index contributed by atoms with van der Waals surface area (Å²) in [5.41, 5.74) is 2.05. The van der Waals surface area contributed by atoms with Gasteiger partial charge in [0.25, 0.3) is 5.91 Å². The van der Waals surface area contributed by atoms with Crippen molar-refractivity contribution in [2.45, 2.75) is 6.92 Å². The Labute approximate surface area is 221 Å². The Morgan fingerprint density at radius 1 is 0.730 bits per heavy atom. The fourth-order valence-electron chi connectivity index (χ4n) is 2.94. The topological polar surface area (TPSA) is 128 Å². The van der Waals surface area contributed by atoms with E-state index < -0.39 is 42.7 Å². The molecule has 0 aliphatic carbocycles. The molecule has 0 radical (unpaired) electrons. The average molecular weight is 567 g/mol. The minimum Gasteiger partial charge on any atom is -0.456 e. The molecular formula is C27H23BrN2O7. The van der Waals surface area contributed by atoms with Gasteiger partial charge in [-0.3, -0.25) is 19.2 Å². The molecule has 2 N–H and O–H groups in total. The van der Waals surface area contributed by atoms with Crippen molar-refractivity contribution in [2.75, 3.05) is 19.7 Å². The van der Waals surface area contributed by atoms with Crippen LogP contribution in [0.1, 0.15) is 36.6 Å². The van der Waals surface area contributed by atoms with Crippen LogP contribution >= 0.6 is 15.9 Å². The summed E-state index contributed by atoms with van der Waals surface area (Å²) in [5, 5.41) is 4.75. The molecule has 0 saturated heterocycles. The van der Waals surface area contributed by atoms with E-state index in [2.05, 4.69) is 26.6 Å². The zero-order valence-electron chi connectivity index (χ0n) is 19.8. The van der Waals surface area contributed by atoms with Crippen LogP contribution in [0.4, 0.5) is 0 Å². The third kappa shape index (κ3) is 8.69. The van der Waals surface area contributed by atoms with Crippen molar-refractivity contribution in [3.63, 3.8) is 0 Å². The van der Waals surface area contributed by atoms with Gasteiger partial charge in [0.15, 0.2) is 12.4 Å². The number of benzene rings is 3. The Morgan fingerprint density at radius 3 is 1.97 bits per heavy atom. The Kier molecular flexibility index (Phi) is 9.68. The highest BCUT2D eigenvalue weighted by atomic mass is 79.9. The maximum Gasteiger partial charge on any atom is 0.343 e. The molecule has 3 aromatic carbocycles. The first-order valence-corrected chi connectivity index (χ1v) is 11.9. The molecule has 0 spiro atoms. The Morgan fingerprint density at radius 2 is 1.32 bits per heavy atom. The normalized spacial score (nSPS) is 10.2. The van der Waals surface area contributed by atoms with Crippen LogP contribution < -0.4 is 15.4 Å². The van der Waals surface area contributed by atoms with Crippen molar-refractivity contribution in [3.8, 4) is 5.75 Å². The first-order valence-electron chi connectivity index (χ1n) is 11.1. The zero-order chi connectivity index (χ0) is 26.8. The minimum atomic E-state index is -0.815. The molecule has 0 heterocycles. The largest absolute Gasteiger partial charge is 0.456 e. The van der Waals surface area contributed by atoms with Crippen LogP contribution in [0.15, 0.2) is 77.3 Å². The van der Waals surface area contributed by atoms with E-state index >= 15 is 0 Å². The van der Waals surface area contributed by atoms with Gasteiger partial charge >= 0.3 is 11.9 Å². The van der Waals surface area contributed by atoms with E-state index in [1.54, 1.807) is 48.5 Å². The quantitative estimate of drug-likeness (QED) is 0.219. The number of Topliss-reactive ketones (excluding diaryl/α,β-unsaturated/α-hetero) is 1. The van der Waals surface area contributed by atoms with Gasteiger partial charge in [0.2, 0.25) is 5.91 Å². The third-order valence-corrected chi connectivity index (χ3v) is 5.51. The summed E-state index contributed by atoms with van der Waals surface area (Å²) in [7, 11) is 0. The molecule has 0 aliphatic heterocycles. The SMILES string of the molecule is Cc1ccc(C(=O)Oc2ccc(C(=O)COC(=O)CNC(=O)CNC(=O)c3ccc(Br)cc3)cc2)cc1. The molecule has 9 nitrogen and oxygen atoms in total. The zero-order valence-corrected chi connectivity index (χ0v) is 21.4. The van der Waals surface area contributed by atoms with Crippen molar-refractivity contribution in [1.82, 2.24) is 10.6 Å². The minimum absolute atomic E-state index is 0.252. The number of carbonyl (C=O) groups is 5. The smallest absolute Gasteiger partial charge is 0.343 e. The number of hydrogen-bond donors (Lipinski definition) is 2. The van der Waals surface area contributed by atoms with Crippen LogP contribution in [0.2, 0.25) is 0 Å². The lowest BCUT2D eigenvalue weighted by Crippen LogP contribution is -2.39. The third-order valence-electron chi connectivity index (χ3n) is 4.98. The predicted octanol–water partition coefficient (Wildman–Crippen LogP) is 3.25. The maximum absolute atomic E-state index is 12.3. The summed E-state index contributed by atoms with van der Waals surface area (Å²) in [6.07, 6.45) is 0. The first-order chi connectivity index (χ1) is 17.7. The van der Waals surface area contributed by atoms with E-state index in [4.69, 9.17) is 9.47 Å². The van der Waals surface area contributed by atoms with Crippen LogP contribution in [-0.2, 0) is 14.3 Å². The second-order valence-electron chi connectivity index (χ2n) is 7.83. The summed E-state index contributed by atoms with van der Waals surface area (Å²) >= 11 is 3.27. The Balaban J connectivity index is 1.37. The van der Waals surface area contributed by atoms with Gasteiger partial charge in [-0.2, -0.15) is 0 Å². The molecule has 0 atom stereocenters. The van der Waals surface area contributed by atoms with Crippen molar-refractivity contribution in [1.29, 1.82) is 0 Å². The summed E-state index contributed by atoms with van der Waals surface area (Å²) < 4.78 is 11.0. The molecule has 10 heteroatoms. The number of hydrogen-bond acceptors (Lipinski definition) is 7. The molecule has 0 aromatic heterocycles. The number of nitrogens with one attached hydrogen (secondary N) is 2. The number of ether oxygens (including phenoxy) is 2. The number of amides is 2. The van der Waals surface area contributed by atoms with Gasteiger partial charge in [0.1, 0.15) is 12.3 Å². The number of esters is 2. The summed E-state index contributed by atoms with van der Waals surface area (Å²) in [6, 6.07) is 19.3. The van der Waals surface area contributed by atoms with E-state index in [-0.39, 0.29) is 17.9 Å². The maximum atomic E-state index is 12.3. The number of rotatable bonds is 10. The molecular weight excluding hydrogens is 544 g/mol. The average Bonchev–Trinajstić information content (AvgIpc) is 2.90. The highest BCUT2D eigenvalue weighted by molar-refractivity contribution is 9.10. The molecule has 0 fully saturated rings. The standard InChI is InChI=1S/C27H23BrN2O7/c1-17-2-4-20(5-3-17)27(35)37-22-12-8-18(9-13-22)23(31)16-36-25(33)15-29-24(32)14-30-26(34)19-6-10-21(28)11-7-19/h2-13H,14-16H2,1H3,(H,29,32)(H,30,34). The van der Waals surface area contributed by atoms with Gasteiger partial charge in [0.05, 0.1) is 12.1 Å². The van der Waals surface area contributed by atoms with E-state index in [9.17, 15) is 24.0 Å². The summed E-state index contributed by atoms with van der Waals surface area (Å²) in [4.78, 5) is 60.2. The van der Waals surface area contributed by atoms with Gasteiger partial charge in [0, 0.05) is 15.6 Å². The van der Waals surface area contributed by atoms with Gasteiger partial charge in [-0.1, -0.05) is 33.6 Å². The van der Waals surface area contributed by atoms with E-state index in [1.807, 2.05) is 6.92 Å². The molecule has 0 bridgehead atoms. The van der Waals surface area contributed by atoms with Crippen molar-refractivity contribution in [2.24, 2.45) is 0 Å². The Bertz CT molecular complexity index is 1290. The van der Waals surface area contributed by atoms with Gasteiger partial charge < -0.3 is 20.1 Å². The van der Waals surface area contributed by atoms with Crippen LogP contribution in [0.3, 0.4) is 0 Å². The van der Waals surface area contributed by atoms with Crippen molar-refractivity contribution >= 4 is 45.5 Å². The lowest BCUT2D eigenvalue weighted by Gasteiger charge is -2.08. The number of carbonyl (C=O) groups excluding carboxylic acids is 5. The monoisotopic (exact) mass is 566 g/mol. The lowest BCUT2D eigenvalue weighted by atomic mass is 10.1. The predicted molar refractivity (Wildman–Crippen MR) is 137 cm³/mol. The molecule has 3 aromatic rings. The second-order valence-corrected chi connectivity index (χ2v) is 8.75. The lowest BCUT2D eigenvalue weighted by molar-refractivity contribution is -0.142. The molecule has 0 saturated carbocycles. The van der Waals surface area contributed by atoms with Crippen molar-refractivity contribution < 1.29 is 33.4 Å². The van der Waals surface area contributed by atoms with Crippen LogP contribution in [-0.4, -0.2) is 49.2 Å². The van der Waals surface area contributed by atoms with Gasteiger partial charge in [-0.25, -0.2) is 4.79 Å². The Hall–Kier alpha value is -4.31.